The van der Waals surface area contributed by atoms with Gasteiger partial charge in [-0.25, -0.2) is 18.1 Å². The summed E-state index contributed by atoms with van der Waals surface area (Å²) in [5.41, 5.74) is 7.52. The Bertz CT molecular complexity index is 1070. The van der Waals surface area contributed by atoms with Gasteiger partial charge in [0, 0.05) is 30.7 Å². The van der Waals surface area contributed by atoms with Crippen molar-refractivity contribution in [3.63, 3.8) is 0 Å². The van der Waals surface area contributed by atoms with E-state index in [2.05, 4.69) is 20.4 Å². The normalized spacial score (nSPS) is 20.4. The van der Waals surface area contributed by atoms with Gasteiger partial charge in [0.25, 0.3) is 0 Å². The van der Waals surface area contributed by atoms with Crippen molar-refractivity contribution in [1.29, 1.82) is 0 Å². The highest BCUT2D eigenvalue weighted by Gasteiger charge is 2.20. The first-order valence-electron chi connectivity index (χ1n) is 9.40. The molecular weight excluding hydrogens is 376 g/mol. The van der Waals surface area contributed by atoms with Crippen LogP contribution in [0, 0.1) is 5.92 Å². The summed E-state index contributed by atoms with van der Waals surface area (Å²) < 4.78 is 25.1. The number of aromatic nitrogens is 4. The summed E-state index contributed by atoms with van der Waals surface area (Å²) in [7, 11) is -3.22. The van der Waals surface area contributed by atoms with Crippen LogP contribution in [-0.4, -0.2) is 40.5 Å². The largest absolute Gasteiger partial charge is 0.328 e. The fourth-order valence-corrected chi connectivity index (χ4v) is 4.22. The Morgan fingerprint density at radius 2 is 1.86 bits per heavy atom. The Hall–Kier alpha value is -2.52. The van der Waals surface area contributed by atoms with Gasteiger partial charge in [0.05, 0.1) is 16.5 Å². The van der Waals surface area contributed by atoms with Crippen LogP contribution in [-0.2, 0) is 16.4 Å². The third kappa shape index (κ3) is 4.15. The minimum absolute atomic E-state index is 0.277. The molecule has 3 aromatic rings. The van der Waals surface area contributed by atoms with Crippen molar-refractivity contribution in [3.8, 4) is 0 Å². The number of rotatable bonds is 5. The fraction of sp³-hybridized carbons (Fsp3) is 0.421. The molecule has 9 heteroatoms. The summed E-state index contributed by atoms with van der Waals surface area (Å²) in [4.78, 5) is 9.23. The summed E-state index contributed by atoms with van der Waals surface area (Å²) in [5, 5.41) is 8.50. The van der Waals surface area contributed by atoms with Gasteiger partial charge in [-0.3, -0.25) is 0 Å². The Morgan fingerprint density at radius 1 is 1.14 bits per heavy atom. The molecule has 3 N–H and O–H groups in total. The van der Waals surface area contributed by atoms with Crippen molar-refractivity contribution in [1.82, 2.24) is 19.7 Å². The van der Waals surface area contributed by atoms with Gasteiger partial charge >= 0.3 is 0 Å². The van der Waals surface area contributed by atoms with Crippen LogP contribution >= 0.6 is 0 Å². The molecule has 0 spiro atoms. The van der Waals surface area contributed by atoms with E-state index in [1.807, 2.05) is 4.68 Å². The molecule has 148 valence electrons. The molecule has 2 aromatic heterocycles. The first-order chi connectivity index (χ1) is 13.4. The van der Waals surface area contributed by atoms with Crippen molar-refractivity contribution in [2.45, 2.75) is 43.2 Å². The van der Waals surface area contributed by atoms with E-state index in [4.69, 9.17) is 5.73 Å². The maximum absolute atomic E-state index is 11.6. The molecule has 0 atom stereocenters. The van der Waals surface area contributed by atoms with E-state index in [-0.39, 0.29) is 4.90 Å². The van der Waals surface area contributed by atoms with Gasteiger partial charge in [-0.15, -0.1) is 0 Å². The number of hydrogen-bond donors (Lipinski definition) is 2. The molecule has 0 unspecified atom stereocenters. The van der Waals surface area contributed by atoms with Crippen molar-refractivity contribution in [3.05, 3.63) is 36.7 Å². The summed E-state index contributed by atoms with van der Waals surface area (Å²) in [6.07, 6.45) is 9.08. The Morgan fingerprint density at radius 3 is 2.54 bits per heavy atom. The van der Waals surface area contributed by atoms with Gasteiger partial charge < -0.3 is 11.1 Å². The lowest BCUT2D eigenvalue weighted by molar-refractivity contribution is 0.288. The lowest BCUT2D eigenvalue weighted by Gasteiger charge is -2.25. The van der Waals surface area contributed by atoms with E-state index >= 15 is 0 Å². The number of sulfone groups is 1. The first kappa shape index (κ1) is 18.8. The summed E-state index contributed by atoms with van der Waals surface area (Å²) in [6, 6.07) is 6.86. The molecule has 1 aromatic carbocycles. The number of anilines is 2. The molecule has 1 aliphatic carbocycles. The molecule has 28 heavy (non-hydrogen) atoms. The van der Waals surface area contributed by atoms with Crippen LogP contribution in [0.1, 0.15) is 25.7 Å². The lowest BCUT2D eigenvalue weighted by Crippen LogP contribution is -2.28. The van der Waals surface area contributed by atoms with Gasteiger partial charge in [-0.1, -0.05) is 0 Å². The summed E-state index contributed by atoms with van der Waals surface area (Å²) in [6.45, 7) is 0.829. The molecule has 0 radical (unpaired) electrons. The predicted molar refractivity (Wildman–Crippen MR) is 108 cm³/mol. The quantitative estimate of drug-likeness (QED) is 0.676. The molecule has 0 amide bonds. The van der Waals surface area contributed by atoms with E-state index in [0.29, 0.717) is 17.9 Å². The van der Waals surface area contributed by atoms with Crippen LogP contribution in [0.5, 0.6) is 0 Å². The average molecular weight is 401 g/mol. The van der Waals surface area contributed by atoms with Crippen molar-refractivity contribution in [2.24, 2.45) is 11.7 Å². The third-order valence-electron chi connectivity index (χ3n) is 5.24. The van der Waals surface area contributed by atoms with E-state index in [0.717, 1.165) is 48.9 Å². The first-order valence-corrected chi connectivity index (χ1v) is 11.3. The Labute approximate surface area is 164 Å². The van der Waals surface area contributed by atoms with Crippen LogP contribution in [0.25, 0.3) is 11.0 Å². The maximum atomic E-state index is 11.6. The zero-order valence-corrected chi connectivity index (χ0v) is 16.6. The third-order valence-corrected chi connectivity index (χ3v) is 6.37. The van der Waals surface area contributed by atoms with Crippen LogP contribution in [0.3, 0.4) is 0 Å². The molecule has 8 nitrogen and oxygen atoms in total. The Balaban J connectivity index is 1.52. The molecule has 4 rings (SSSR count). The van der Waals surface area contributed by atoms with E-state index in [1.165, 1.54) is 6.26 Å². The topological polar surface area (TPSA) is 116 Å². The van der Waals surface area contributed by atoms with Gasteiger partial charge in [-0.2, -0.15) is 10.1 Å². The fourth-order valence-electron chi connectivity index (χ4n) is 3.59. The highest BCUT2D eigenvalue weighted by molar-refractivity contribution is 7.90. The van der Waals surface area contributed by atoms with Gasteiger partial charge in [-0.05, 0) is 55.9 Å². The highest BCUT2D eigenvalue weighted by atomic mass is 32.2. The molecule has 1 aliphatic rings. The highest BCUT2D eigenvalue weighted by Crippen LogP contribution is 2.26. The molecule has 0 bridgehead atoms. The van der Waals surface area contributed by atoms with Crippen molar-refractivity contribution >= 4 is 32.5 Å². The smallest absolute Gasteiger partial charge is 0.229 e. The zero-order chi connectivity index (χ0) is 19.7. The molecule has 0 saturated heterocycles. The summed E-state index contributed by atoms with van der Waals surface area (Å²) in [5.74, 6) is 1.02. The second kappa shape index (κ2) is 7.48. The predicted octanol–water partition coefficient (Wildman–Crippen LogP) is 2.49. The lowest BCUT2D eigenvalue weighted by atomic mass is 9.86. The number of nitrogens with zero attached hydrogens (tertiary/aromatic N) is 4. The van der Waals surface area contributed by atoms with Crippen molar-refractivity contribution < 1.29 is 8.42 Å². The van der Waals surface area contributed by atoms with Gasteiger partial charge in [0.2, 0.25) is 5.95 Å². The second-order valence-corrected chi connectivity index (χ2v) is 9.52. The minimum atomic E-state index is -3.22. The van der Waals surface area contributed by atoms with Crippen molar-refractivity contribution in [2.75, 3.05) is 11.6 Å². The van der Waals surface area contributed by atoms with Crippen LogP contribution in [0.4, 0.5) is 11.6 Å². The molecule has 0 aliphatic heterocycles. The molecule has 2 heterocycles. The summed E-state index contributed by atoms with van der Waals surface area (Å²) >= 11 is 0. The molecule has 1 fully saturated rings. The minimum Gasteiger partial charge on any atom is -0.328 e. The van der Waals surface area contributed by atoms with Gasteiger partial charge in [0.15, 0.2) is 15.5 Å². The average Bonchev–Trinajstić information content (AvgIpc) is 3.05. The Kier molecular flexibility index (Phi) is 5.03. The SMILES string of the molecule is CS(=O)(=O)c1ccc(Nc2ncc3cnn(CC4CCC(N)CC4)c3n2)cc1. The van der Waals surface area contributed by atoms with Crippen LogP contribution in [0.2, 0.25) is 0 Å². The zero-order valence-electron chi connectivity index (χ0n) is 15.7. The number of fused-ring (bicyclic) bond motifs is 1. The van der Waals surface area contributed by atoms with E-state index in [9.17, 15) is 8.42 Å². The maximum Gasteiger partial charge on any atom is 0.229 e. The van der Waals surface area contributed by atoms with Crippen LogP contribution < -0.4 is 11.1 Å². The number of benzene rings is 1. The van der Waals surface area contributed by atoms with E-state index < -0.39 is 9.84 Å². The monoisotopic (exact) mass is 400 g/mol. The van der Waals surface area contributed by atoms with Gasteiger partial charge in [0.1, 0.15) is 0 Å². The number of nitrogens with two attached hydrogens (primary N) is 1. The molecular formula is C19H24N6O2S. The standard InChI is InChI=1S/C19H24N6O2S/c1-28(26,27)17-8-6-16(7-9-17)23-19-21-10-14-11-22-25(18(14)24-19)12-13-2-4-15(20)5-3-13/h6-11,13,15H,2-5,12,20H2,1H3,(H,21,23,24). The molecule has 1 saturated carbocycles. The number of nitrogens with one attached hydrogen (secondary N) is 1. The van der Waals surface area contributed by atoms with Crippen LogP contribution in [0.15, 0.2) is 41.6 Å². The van der Waals surface area contributed by atoms with E-state index in [1.54, 1.807) is 36.7 Å². The second-order valence-electron chi connectivity index (χ2n) is 7.50. The number of hydrogen-bond acceptors (Lipinski definition) is 7.